The number of hydrogen-bond donors (Lipinski definition) is 1. The molecule has 0 radical (unpaired) electrons. The van der Waals surface area contributed by atoms with Crippen LogP contribution in [0.2, 0.25) is 5.02 Å². The summed E-state index contributed by atoms with van der Waals surface area (Å²) in [6, 6.07) is 3.98. The van der Waals surface area contributed by atoms with Gasteiger partial charge in [0.05, 0.1) is 5.02 Å². The second-order valence-corrected chi connectivity index (χ2v) is 6.82. The number of hydrogen-bond acceptors (Lipinski definition) is 3. The average Bonchev–Trinajstić information content (AvgIpc) is 2.38. The predicted octanol–water partition coefficient (Wildman–Crippen LogP) is 1.85. The zero-order chi connectivity index (χ0) is 14.0. The quantitative estimate of drug-likeness (QED) is 0.927. The van der Waals surface area contributed by atoms with Gasteiger partial charge < -0.3 is 5.32 Å². The van der Waals surface area contributed by atoms with Crippen molar-refractivity contribution in [3.8, 4) is 0 Å². The van der Waals surface area contributed by atoms with Crippen LogP contribution in [0, 0.1) is 5.82 Å². The maximum Gasteiger partial charge on any atom is 0.247 e. The van der Waals surface area contributed by atoms with Crippen LogP contribution in [-0.4, -0.2) is 38.9 Å². The maximum atomic E-state index is 13.8. The van der Waals surface area contributed by atoms with Crippen LogP contribution in [-0.2, 0) is 10.0 Å². The molecule has 1 aromatic carbocycles. The van der Waals surface area contributed by atoms with Gasteiger partial charge in [-0.1, -0.05) is 17.7 Å². The highest BCUT2D eigenvalue weighted by Crippen LogP contribution is 2.28. The lowest BCUT2D eigenvalue weighted by molar-refractivity contribution is 0.292. The molecule has 2 rings (SSSR count). The first-order valence-corrected chi connectivity index (χ1v) is 7.90. The Kier molecular flexibility index (Phi) is 4.45. The van der Waals surface area contributed by atoms with E-state index in [0.717, 1.165) is 18.9 Å². The highest BCUT2D eigenvalue weighted by Gasteiger charge is 2.33. The van der Waals surface area contributed by atoms with Crippen molar-refractivity contribution in [3.63, 3.8) is 0 Å². The lowest BCUT2D eigenvalue weighted by Crippen LogP contribution is -2.47. The van der Waals surface area contributed by atoms with Crippen molar-refractivity contribution in [3.05, 3.63) is 29.0 Å². The lowest BCUT2D eigenvalue weighted by Gasteiger charge is -2.31. The number of likely N-dealkylation sites (N-methyl/N-ethyl adjacent to an activating group) is 1. The van der Waals surface area contributed by atoms with Gasteiger partial charge in [0.2, 0.25) is 10.0 Å². The van der Waals surface area contributed by atoms with Gasteiger partial charge in [0.15, 0.2) is 0 Å². The van der Waals surface area contributed by atoms with Crippen molar-refractivity contribution >= 4 is 21.6 Å². The Bertz CT molecular complexity index is 545. The van der Waals surface area contributed by atoms with Gasteiger partial charge in [-0.05, 0) is 32.0 Å². The summed E-state index contributed by atoms with van der Waals surface area (Å²) in [7, 11) is -2.09. The molecule has 106 valence electrons. The fourth-order valence-corrected chi connectivity index (χ4v) is 4.34. The van der Waals surface area contributed by atoms with Crippen molar-refractivity contribution in [1.82, 2.24) is 9.62 Å². The summed E-state index contributed by atoms with van der Waals surface area (Å²) < 4.78 is 40.0. The smallest absolute Gasteiger partial charge is 0.247 e. The van der Waals surface area contributed by atoms with E-state index in [1.807, 2.05) is 0 Å². The third-order valence-corrected chi connectivity index (χ3v) is 5.68. The van der Waals surface area contributed by atoms with Gasteiger partial charge in [-0.3, -0.25) is 0 Å². The standard InChI is InChI=1S/C12H16ClFN2O2S/c1-15-9-4-3-7-16(8-9)19(17,18)12-10(13)5-2-6-11(12)14/h2,5-6,9,15H,3-4,7-8H2,1H3. The van der Waals surface area contributed by atoms with E-state index < -0.39 is 20.7 Å². The van der Waals surface area contributed by atoms with Crippen LogP contribution in [0.5, 0.6) is 0 Å². The Morgan fingerprint density at radius 3 is 2.84 bits per heavy atom. The van der Waals surface area contributed by atoms with Gasteiger partial charge >= 0.3 is 0 Å². The Morgan fingerprint density at radius 1 is 1.47 bits per heavy atom. The normalized spacial score (nSPS) is 21.5. The zero-order valence-electron chi connectivity index (χ0n) is 10.6. The third-order valence-electron chi connectivity index (χ3n) is 3.31. The van der Waals surface area contributed by atoms with Gasteiger partial charge in [-0.2, -0.15) is 4.31 Å². The molecule has 1 atom stereocenters. The van der Waals surface area contributed by atoms with Gasteiger partial charge in [0.1, 0.15) is 10.7 Å². The van der Waals surface area contributed by atoms with Gasteiger partial charge in [0.25, 0.3) is 0 Å². The molecule has 1 aromatic rings. The summed E-state index contributed by atoms with van der Waals surface area (Å²) in [6.45, 7) is 0.731. The van der Waals surface area contributed by atoms with Crippen LogP contribution in [0.4, 0.5) is 4.39 Å². The van der Waals surface area contributed by atoms with Crippen LogP contribution in [0.1, 0.15) is 12.8 Å². The summed E-state index contributed by atoms with van der Waals surface area (Å²) in [4.78, 5) is -0.423. The Balaban J connectivity index is 2.37. The number of sulfonamides is 1. The first-order valence-electron chi connectivity index (χ1n) is 6.08. The van der Waals surface area contributed by atoms with E-state index in [0.29, 0.717) is 13.1 Å². The molecule has 1 saturated heterocycles. The number of rotatable bonds is 3. The maximum absolute atomic E-state index is 13.8. The zero-order valence-corrected chi connectivity index (χ0v) is 12.1. The molecule has 0 aromatic heterocycles. The molecule has 4 nitrogen and oxygen atoms in total. The molecule has 1 aliphatic rings. The minimum absolute atomic E-state index is 0.0772. The number of nitrogens with one attached hydrogen (secondary N) is 1. The van der Waals surface area contributed by atoms with Crippen LogP contribution in [0.3, 0.4) is 0 Å². The third kappa shape index (κ3) is 2.91. The van der Waals surface area contributed by atoms with Crippen molar-refractivity contribution in [2.24, 2.45) is 0 Å². The monoisotopic (exact) mass is 306 g/mol. The molecule has 0 spiro atoms. The summed E-state index contributed by atoms with van der Waals surface area (Å²) in [5, 5.41) is 2.98. The Hall–Kier alpha value is -0.690. The van der Waals surface area contributed by atoms with E-state index in [1.165, 1.54) is 16.4 Å². The summed E-state index contributed by atoms with van der Waals surface area (Å²) >= 11 is 5.84. The summed E-state index contributed by atoms with van der Waals surface area (Å²) in [5.74, 6) is -0.806. The molecule has 0 bridgehead atoms. The predicted molar refractivity (Wildman–Crippen MR) is 72.3 cm³/mol. The number of halogens is 2. The fraction of sp³-hybridized carbons (Fsp3) is 0.500. The molecule has 7 heteroatoms. The Morgan fingerprint density at radius 2 is 2.21 bits per heavy atom. The second-order valence-electron chi connectivity index (χ2n) is 4.54. The highest BCUT2D eigenvalue weighted by molar-refractivity contribution is 7.89. The number of benzene rings is 1. The fourth-order valence-electron chi connectivity index (χ4n) is 2.25. The molecule has 0 amide bonds. The topological polar surface area (TPSA) is 49.4 Å². The van der Waals surface area contributed by atoms with Crippen molar-refractivity contribution < 1.29 is 12.8 Å². The van der Waals surface area contributed by atoms with Crippen LogP contribution < -0.4 is 5.32 Å². The largest absolute Gasteiger partial charge is 0.316 e. The summed E-state index contributed by atoms with van der Waals surface area (Å²) in [6.07, 6.45) is 1.66. The van der Waals surface area contributed by atoms with Gasteiger partial charge in [0, 0.05) is 19.1 Å². The van der Waals surface area contributed by atoms with E-state index in [1.54, 1.807) is 7.05 Å². The second kappa shape index (κ2) is 5.75. The summed E-state index contributed by atoms with van der Waals surface area (Å²) in [5.41, 5.74) is 0. The lowest BCUT2D eigenvalue weighted by atomic mass is 10.1. The van der Waals surface area contributed by atoms with Crippen molar-refractivity contribution in [1.29, 1.82) is 0 Å². The first-order chi connectivity index (χ1) is 8.96. The van der Waals surface area contributed by atoms with Crippen LogP contribution in [0.25, 0.3) is 0 Å². The minimum atomic E-state index is -3.88. The molecule has 1 N–H and O–H groups in total. The minimum Gasteiger partial charge on any atom is -0.316 e. The van der Waals surface area contributed by atoms with Crippen molar-refractivity contribution in [2.75, 3.05) is 20.1 Å². The van der Waals surface area contributed by atoms with Gasteiger partial charge in [-0.25, -0.2) is 12.8 Å². The molecule has 0 saturated carbocycles. The molecule has 1 aliphatic heterocycles. The van der Waals surface area contributed by atoms with E-state index in [4.69, 9.17) is 11.6 Å². The first kappa shape index (κ1) is 14.7. The molecule has 0 aliphatic carbocycles. The molecule has 19 heavy (non-hydrogen) atoms. The van der Waals surface area contributed by atoms with E-state index in [-0.39, 0.29) is 11.1 Å². The van der Waals surface area contributed by atoms with Crippen molar-refractivity contribution in [2.45, 2.75) is 23.8 Å². The number of piperidine rings is 1. The average molecular weight is 307 g/mol. The van der Waals surface area contributed by atoms with E-state index in [9.17, 15) is 12.8 Å². The molecular weight excluding hydrogens is 291 g/mol. The van der Waals surface area contributed by atoms with Crippen LogP contribution in [0.15, 0.2) is 23.1 Å². The highest BCUT2D eigenvalue weighted by atomic mass is 35.5. The number of nitrogens with zero attached hydrogens (tertiary/aromatic N) is 1. The SMILES string of the molecule is CNC1CCCN(S(=O)(=O)c2c(F)cccc2Cl)C1. The molecular formula is C12H16ClFN2O2S. The Labute approximate surface area is 117 Å². The molecule has 1 heterocycles. The van der Waals surface area contributed by atoms with E-state index >= 15 is 0 Å². The van der Waals surface area contributed by atoms with E-state index in [2.05, 4.69) is 5.32 Å². The van der Waals surface area contributed by atoms with Gasteiger partial charge in [-0.15, -0.1) is 0 Å². The molecule has 1 fully saturated rings. The molecule has 1 unspecified atom stereocenters. The van der Waals surface area contributed by atoms with Crippen LogP contribution >= 0.6 is 11.6 Å².